The van der Waals surface area contributed by atoms with Gasteiger partial charge in [0.1, 0.15) is 5.82 Å². The van der Waals surface area contributed by atoms with Gasteiger partial charge >= 0.3 is 5.69 Å². The highest BCUT2D eigenvalue weighted by Crippen LogP contribution is 2.25. The summed E-state index contributed by atoms with van der Waals surface area (Å²) < 4.78 is 6.32. The summed E-state index contributed by atoms with van der Waals surface area (Å²) in [6.07, 6.45) is 0.703. The van der Waals surface area contributed by atoms with Gasteiger partial charge in [-0.2, -0.15) is 0 Å². The Labute approximate surface area is 163 Å². The van der Waals surface area contributed by atoms with E-state index < -0.39 is 17.2 Å². The molecule has 1 aromatic rings. The lowest BCUT2D eigenvalue weighted by Crippen LogP contribution is -2.45. The van der Waals surface area contributed by atoms with Gasteiger partial charge in [-0.05, 0) is 20.3 Å². The molecule has 0 radical (unpaired) electrons. The number of carbonyl (C=O) groups excluding carboxylic acids is 2. The van der Waals surface area contributed by atoms with Crippen molar-refractivity contribution in [2.24, 2.45) is 5.92 Å². The van der Waals surface area contributed by atoms with Crippen molar-refractivity contribution in [1.29, 1.82) is 0 Å². The van der Waals surface area contributed by atoms with Crippen molar-refractivity contribution in [1.82, 2.24) is 14.5 Å². The van der Waals surface area contributed by atoms with E-state index in [1.807, 2.05) is 20.8 Å². The van der Waals surface area contributed by atoms with Crippen molar-refractivity contribution in [2.75, 3.05) is 37.4 Å². The van der Waals surface area contributed by atoms with Gasteiger partial charge in [0.2, 0.25) is 11.8 Å². The summed E-state index contributed by atoms with van der Waals surface area (Å²) in [5.41, 5.74) is 4.69. The predicted octanol–water partition coefficient (Wildman–Crippen LogP) is -0.235. The van der Waals surface area contributed by atoms with E-state index in [1.165, 1.54) is 16.6 Å². The number of nitrogens with one attached hydrogen (secondary N) is 1. The zero-order valence-electron chi connectivity index (χ0n) is 16.9. The molecule has 2 heterocycles. The van der Waals surface area contributed by atoms with Crippen LogP contribution in [-0.4, -0.2) is 59.1 Å². The Balaban J connectivity index is 2.46. The number of ether oxygens (including phenoxy) is 1. The van der Waals surface area contributed by atoms with Crippen LogP contribution in [0, 0.1) is 5.92 Å². The Morgan fingerprint density at radius 1 is 1.36 bits per heavy atom. The van der Waals surface area contributed by atoms with Crippen LogP contribution in [0.1, 0.15) is 33.6 Å². The molecule has 0 saturated carbocycles. The maximum Gasteiger partial charge on any atom is 0.330 e. The lowest BCUT2D eigenvalue weighted by Gasteiger charge is -2.27. The van der Waals surface area contributed by atoms with Gasteiger partial charge in [0.05, 0.1) is 12.5 Å². The second-order valence-corrected chi connectivity index (χ2v) is 7.17. The Hall–Kier alpha value is -2.62. The average Bonchev–Trinajstić information content (AvgIpc) is 3.02. The van der Waals surface area contributed by atoms with E-state index in [0.717, 1.165) is 0 Å². The second-order valence-electron chi connectivity index (χ2n) is 7.17. The van der Waals surface area contributed by atoms with E-state index >= 15 is 0 Å². The summed E-state index contributed by atoms with van der Waals surface area (Å²) in [4.78, 5) is 55.1. The number of aromatic amines is 1. The molecule has 1 aromatic heterocycles. The fourth-order valence-corrected chi connectivity index (χ4v) is 3.42. The van der Waals surface area contributed by atoms with Crippen LogP contribution < -0.4 is 21.9 Å². The number of carbonyl (C=O) groups is 2. The number of hydrogen-bond acceptors (Lipinski definition) is 6. The summed E-state index contributed by atoms with van der Waals surface area (Å²) in [7, 11) is 1.48. The van der Waals surface area contributed by atoms with Gasteiger partial charge in [0.15, 0.2) is 5.69 Å². The molecule has 2 rings (SSSR count). The van der Waals surface area contributed by atoms with E-state index in [9.17, 15) is 19.2 Å². The number of anilines is 2. The van der Waals surface area contributed by atoms with Gasteiger partial charge in [-0.15, -0.1) is 0 Å². The van der Waals surface area contributed by atoms with E-state index in [0.29, 0.717) is 13.0 Å². The summed E-state index contributed by atoms with van der Waals surface area (Å²) in [5, 5.41) is 0. The number of rotatable bonds is 8. The minimum atomic E-state index is -0.732. The molecule has 10 nitrogen and oxygen atoms in total. The molecule has 1 atom stereocenters. The number of hydrogen-bond donors (Lipinski definition) is 2. The van der Waals surface area contributed by atoms with Gasteiger partial charge in [-0.1, -0.05) is 6.92 Å². The van der Waals surface area contributed by atoms with Crippen LogP contribution in [0.15, 0.2) is 9.59 Å². The van der Waals surface area contributed by atoms with Gasteiger partial charge in [-0.3, -0.25) is 23.9 Å². The number of nitrogens with zero attached hydrogens (tertiary/aromatic N) is 3. The van der Waals surface area contributed by atoms with E-state index in [-0.39, 0.29) is 55.5 Å². The highest BCUT2D eigenvalue weighted by atomic mass is 16.5. The lowest BCUT2D eigenvalue weighted by molar-refractivity contribution is -0.129. The topological polar surface area (TPSA) is 131 Å². The largest absolute Gasteiger partial charge is 0.383 e. The predicted molar refractivity (Wildman–Crippen MR) is 105 cm³/mol. The minimum absolute atomic E-state index is 0.0161. The van der Waals surface area contributed by atoms with Crippen molar-refractivity contribution >= 4 is 23.3 Å². The first-order valence-electron chi connectivity index (χ1n) is 9.45. The average molecular weight is 395 g/mol. The van der Waals surface area contributed by atoms with Crippen LogP contribution >= 0.6 is 0 Å². The molecular weight excluding hydrogens is 366 g/mol. The van der Waals surface area contributed by atoms with Crippen molar-refractivity contribution in [3.63, 3.8) is 0 Å². The minimum Gasteiger partial charge on any atom is -0.383 e. The molecule has 1 aliphatic rings. The monoisotopic (exact) mass is 395 g/mol. The number of H-pyrrole nitrogens is 1. The first kappa shape index (κ1) is 21.7. The summed E-state index contributed by atoms with van der Waals surface area (Å²) in [6, 6.07) is -0.0161. The third kappa shape index (κ3) is 4.27. The quantitative estimate of drug-likeness (QED) is 0.625. The third-order valence-corrected chi connectivity index (χ3v) is 4.85. The Morgan fingerprint density at radius 2 is 2.04 bits per heavy atom. The highest BCUT2D eigenvalue weighted by Gasteiger charge is 2.39. The van der Waals surface area contributed by atoms with Crippen molar-refractivity contribution in [3.05, 3.63) is 20.8 Å². The maximum atomic E-state index is 13.2. The van der Waals surface area contributed by atoms with Crippen molar-refractivity contribution < 1.29 is 14.3 Å². The third-order valence-electron chi connectivity index (χ3n) is 4.85. The number of nitrogens with two attached hydrogens (primary N) is 1. The molecule has 1 saturated heterocycles. The van der Waals surface area contributed by atoms with Crippen LogP contribution in [0.2, 0.25) is 0 Å². The first-order chi connectivity index (χ1) is 13.2. The smallest absolute Gasteiger partial charge is 0.330 e. The summed E-state index contributed by atoms with van der Waals surface area (Å²) >= 11 is 0. The molecule has 3 N–H and O–H groups in total. The number of methoxy groups -OCH3 is 1. The van der Waals surface area contributed by atoms with Gasteiger partial charge < -0.3 is 20.3 Å². The second kappa shape index (κ2) is 9.05. The van der Waals surface area contributed by atoms with Crippen LogP contribution in [0.3, 0.4) is 0 Å². The molecule has 0 aromatic carbocycles. The van der Waals surface area contributed by atoms with Gasteiger partial charge in [0, 0.05) is 39.2 Å². The molecule has 10 heteroatoms. The SMILES string of the molecule is CCCn1c(N)c(N(CCOC)C(=O)C2CC(=O)N(C(C)C)C2)c(=O)[nH]c1=O. The van der Waals surface area contributed by atoms with Crippen LogP contribution in [0.25, 0.3) is 0 Å². The molecule has 1 aliphatic heterocycles. The number of aromatic nitrogens is 2. The van der Waals surface area contributed by atoms with Gasteiger partial charge in [0.25, 0.3) is 5.56 Å². The Kier molecular flexibility index (Phi) is 7.00. The van der Waals surface area contributed by atoms with Crippen LogP contribution in [0.4, 0.5) is 11.5 Å². The normalized spacial score (nSPS) is 16.8. The molecule has 28 heavy (non-hydrogen) atoms. The number of amides is 2. The molecule has 1 unspecified atom stereocenters. The van der Waals surface area contributed by atoms with E-state index in [2.05, 4.69) is 4.98 Å². The molecular formula is C18H29N5O5. The molecule has 156 valence electrons. The number of nitrogen functional groups attached to an aromatic ring is 1. The van der Waals surface area contributed by atoms with Crippen molar-refractivity contribution in [3.8, 4) is 0 Å². The standard InChI is InChI=1S/C18H29N5O5/c1-5-6-22-15(19)14(16(25)20-18(22)27)21(7-8-28-4)17(26)12-9-13(24)23(10-12)11(2)3/h11-12H,5-10,19H2,1-4H3,(H,20,25,27). The Bertz CT molecular complexity index is 844. The highest BCUT2D eigenvalue weighted by molar-refractivity contribution is 6.00. The fourth-order valence-electron chi connectivity index (χ4n) is 3.42. The number of likely N-dealkylation sites (tertiary alicyclic amines) is 1. The molecule has 0 bridgehead atoms. The molecule has 0 spiro atoms. The molecule has 2 amide bonds. The fraction of sp³-hybridized carbons (Fsp3) is 0.667. The van der Waals surface area contributed by atoms with Gasteiger partial charge in [-0.25, -0.2) is 4.79 Å². The van der Waals surface area contributed by atoms with E-state index in [1.54, 1.807) is 4.90 Å². The lowest BCUT2D eigenvalue weighted by atomic mass is 10.1. The zero-order valence-corrected chi connectivity index (χ0v) is 16.9. The molecule has 0 aliphatic carbocycles. The zero-order chi connectivity index (χ0) is 21.0. The van der Waals surface area contributed by atoms with Crippen LogP contribution in [-0.2, 0) is 20.9 Å². The Morgan fingerprint density at radius 3 is 2.57 bits per heavy atom. The summed E-state index contributed by atoms with van der Waals surface area (Å²) in [5.74, 6) is -1.13. The van der Waals surface area contributed by atoms with Crippen molar-refractivity contribution in [2.45, 2.75) is 46.2 Å². The summed E-state index contributed by atoms with van der Waals surface area (Å²) in [6.45, 7) is 6.49. The van der Waals surface area contributed by atoms with Crippen LogP contribution in [0.5, 0.6) is 0 Å². The maximum absolute atomic E-state index is 13.2. The molecule has 1 fully saturated rings. The van der Waals surface area contributed by atoms with E-state index in [4.69, 9.17) is 10.5 Å². The first-order valence-corrected chi connectivity index (χ1v) is 9.45.